The van der Waals surface area contributed by atoms with Crippen LogP contribution in [0, 0.1) is 5.82 Å². The molecule has 2 N–H and O–H groups in total. The molecule has 1 aromatic rings. The van der Waals surface area contributed by atoms with Crippen molar-refractivity contribution in [3.63, 3.8) is 0 Å². The number of aliphatic hydroxyl groups excluding tert-OH is 1. The minimum absolute atomic E-state index is 0.120. The van der Waals surface area contributed by atoms with Crippen LogP contribution in [0.3, 0.4) is 0 Å². The Morgan fingerprint density at radius 3 is 2.65 bits per heavy atom. The maximum absolute atomic E-state index is 13.2. The molecule has 1 atom stereocenters. The zero-order valence-corrected chi connectivity index (χ0v) is 13.0. The molecule has 0 spiro atoms. The largest absolute Gasteiger partial charge is 0.394 e. The Balaban J connectivity index is 2.46. The lowest BCUT2D eigenvalue weighted by Crippen LogP contribution is -2.49. The van der Waals surface area contributed by atoms with Crippen LogP contribution in [0.5, 0.6) is 0 Å². The summed E-state index contributed by atoms with van der Waals surface area (Å²) in [6.45, 7) is 7.14. The number of anilines is 1. The molecular formula is C16H27FN2O. The summed E-state index contributed by atoms with van der Waals surface area (Å²) in [5.41, 5.74) is 0.629. The summed E-state index contributed by atoms with van der Waals surface area (Å²) in [7, 11) is 1.96. The van der Waals surface area contributed by atoms with Crippen LogP contribution in [-0.4, -0.2) is 36.9 Å². The van der Waals surface area contributed by atoms with Crippen LogP contribution >= 0.6 is 0 Å². The van der Waals surface area contributed by atoms with E-state index in [4.69, 9.17) is 0 Å². The lowest BCUT2D eigenvalue weighted by atomic mass is 9.95. The van der Waals surface area contributed by atoms with Crippen LogP contribution in [-0.2, 0) is 0 Å². The van der Waals surface area contributed by atoms with Crippen LogP contribution < -0.4 is 10.2 Å². The van der Waals surface area contributed by atoms with Crippen molar-refractivity contribution in [1.29, 1.82) is 0 Å². The van der Waals surface area contributed by atoms with E-state index in [0.29, 0.717) is 6.04 Å². The van der Waals surface area contributed by atoms with Crippen molar-refractivity contribution in [2.45, 2.75) is 45.2 Å². The normalized spacial score (nSPS) is 14.3. The minimum Gasteiger partial charge on any atom is -0.394 e. The maximum Gasteiger partial charge on any atom is 0.125 e. The van der Waals surface area contributed by atoms with Gasteiger partial charge in [0, 0.05) is 30.9 Å². The van der Waals surface area contributed by atoms with Gasteiger partial charge in [0.25, 0.3) is 0 Å². The Morgan fingerprint density at radius 2 is 2.10 bits per heavy atom. The summed E-state index contributed by atoms with van der Waals surface area (Å²) >= 11 is 0. The first-order chi connectivity index (χ1) is 9.36. The molecule has 0 heterocycles. The number of nitrogens with zero attached hydrogens (tertiary/aromatic N) is 1. The summed E-state index contributed by atoms with van der Waals surface area (Å²) in [4.78, 5) is 2.04. The van der Waals surface area contributed by atoms with E-state index in [1.54, 1.807) is 6.07 Å². The average Bonchev–Trinajstić information content (AvgIpc) is 2.37. The van der Waals surface area contributed by atoms with E-state index in [0.717, 1.165) is 25.1 Å². The molecule has 4 heteroatoms. The number of aliphatic hydroxyl groups is 1. The van der Waals surface area contributed by atoms with Gasteiger partial charge >= 0.3 is 0 Å². The van der Waals surface area contributed by atoms with Crippen LogP contribution in [0.25, 0.3) is 0 Å². The van der Waals surface area contributed by atoms with E-state index in [1.807, 2.05) is 24.9 Å². The first kappa shape index (κ1) is 16.9. The summed E-state index contributed by atoms with van der Waals surface area (Å²) < 4.78 is 13.2. The van der Waals surface area contributed by atoms with Gasteiger partial charge in [-0.1, -0.05) is 19.9 Å². The number of halogens is 1. The second-order valence-electron chi connectivity index (χ2n) is 6.02. The molecule has 0 aliphatic carbocycles. The van der Waals surface area contributed by atoms with Crippen LogP contribution in [0.2, 0.25) is 0 Å². The molecule has 0 saturated carbocycles. The Kier molecular flexibility index (Phi) is 6.43. The predicted octanol–water partition coefficient (Wildman–Crippen LogP) is 2.79. The molecule has 1 aromatic carbocycles. The standard InChI is InChI=1S/C16H27FN2O/c1-13(2)18-16(3,12-20)9-6-10-19(4)15-8-5-7-14(17)11-15/h5,7-8,11,13,18,20H,6,9-10,12H2,1-4H3. The van der Waals surface area contributed by atoms with Crippen LogP contribution in [0.4, 0.5) is 10.1 Å². The van der Waals surface area contributed by atoms with E-state index < -0.39 is 0 Å². The third kappa shape index (κ3) is 5.47. The van der Waals surface area contributed by atoms with Gasteiger partial charge in [0.2, 0.25) is 0 Å². The van der Waals surface area contributed by atoms with E-state index in [2.05, 4.69) is 19.2 Å². The monoisotopic (exact) mass is 282 g/mol. The molecule has 3 nitrogen and oxygen atoms in total. The molecule has 0 saturated heterocycles. The van der Waals surface area contributed by atoms with Gasteiger partial charge in [0.1, 0.15) is 5.82 Å². The van der Waals surface area contributed by atoms with Gasteiger partial charge in [-0.05, 0) is 38.0 Å². The quantitative estimate of drug-likeness (QED) is 0.769. The fourth-order valence-corrected chi connectivity index (χ4v) is 2.44. The van der Waals surface area contributed by atoms with Crippen molar-refractivity contribution >= 4 is 5.69 Å². The zero-order valence-electron chi connectivity index (χ0n) is 13.0. The molecule has 1 unspecified atom stereocenters. The fourth-order valence-electron chi connectivity index (χ4n) is 2.44. The Labute approximate surface area is 121 Å². The predicted molar refractivity (Wildman–Crippen MR) is 82.7 cm³/mol. The highest BCUT2D eigenvalue weighted by Gasteiger charge is 2.23. The third-order valence-corrected chi connectivity index (χ3v) is 3.46. The molecule has 0 fully saturated rings. The number of benzene rings is 1. The number of rotatable bonds is 8. The van der Waals surface area contributed by atoms with Crippen molar-refractivity contribution in [1.82, 2.24) is 5.32 Å². The molecule has 0 aliphatic heterocycles. The Bertz CT molecular complexity index is 411. The number of hydrogen-bond donors (Lipinski definition) is 2. The van der Waals surface area contributed by atoms with Gasteiger partial charge in [-0.2, -0.15) is 0 Å². The molecule has 20 heavy (non-hydrogen) atoms. The van der Waals surface area contributed by atoms with E-state index >= 15 is 0 Å². The Hall–Kier alpha value is -1.13. The van der Waals surface area contributed by atoms with Gasteiger partial charge in [-0.3, -0.25) is 0 Å². The number of nitrogens with one attached hydrogen (secondary N) is 1. The first-order valence-electron chi connectivity index (χ1n) is 7.21. The first-order valence-corrected chi connectivity index (χ1v) is 7.21. The second-order valence-corrected chi connectivity index (χ2v) is 6.02. The molecule has 0 aromatic heterocycles. The van der Waals surface area contributed by atoms with E-state index in [-0.39, 0.29) is 18.0 Å². The second kappa shape index (κ2) is 7.60. The maximum atomic E-state index is 13.2. The van der Waals surface area contributed by atoms with Crippen molar-refractivity contribution in [2.24, 2.45) is 0 Å². The molecular weight excluding hydrogens is 255 g/mol. The van der Waals surface area contributed by atoms with Gasteiger partial charge in [-0.15, -0.1) is 0 Å². The summed E-state index contributed by atoms with van der Waals surface area (Å²) in [5, 5.41) is 12.9. The van der Waals surface area contributed by atoms with Crippen molar-refractivity contribution in [3.05, 3.63) is 30.1 Å². The molecule has 114 valence electrons. The number of hydrogen-bond acceptors (Lipinski definition) is 3. The molecule has 0 bridgehead atoms. The van der Waals surface area contributed by atoms with Crippen LogP contribution in [0.1, 0.15) is 33.6 Å². The van der Waals surface area contributed by atoms with Crippen LogP contribution in [0.15, 0.2) is 24.3 Å². The lowest BCUT2D eigenvalue weighted by molar-refractivity contribution is 0.155. The van der Waals surface area contributed by atoms with Gasteiger partial charge < -0.3 is 15.3 Å². The topological polar surface area (TPSA) is 35.5 Å². The van der Waals surface area contributed by atoms with Gasteiger partial charge in [0.15, 0.2) is 0 Å². The molecule has 1 rings (SSSR count). The third-order valence-electron chi connectivity index (χ3n) is 3.46. The van der Waals surface area contributed by atoms with Gasteiger partial charge in [-0.25, -0.2) is 4.39 Å². The Morgan fingerprint density at radius 1 is 1.40 bits per heavy atom. The highest BCUT2D eigenvalue weighted by Crippen LogP contribution is 2.17. The van der Waals surface area contributed by atoms with Crippen molar-refractivity contribution in [3.8, 4) is 0 Å². The highest BCUT2D eigenvalue weighted by molar-refractivity contribution is 5.45. The fraction of sp³-hybridized carbons (Fsp3) is 0.625. The van der Waals surface area contributed by atoms with E-state index in [1.165, 1.54) is 12.1 Å². The lowest BCUT2D eigenvalue weighted by Gasteiger charge is -2.32. The summed E-state index contributed by atoms with van der Waals surface area (Å²) in [5.74, 6) is -0.212. The molecule has 0 amide bonds. The molecule has 0 radical (unpaired) electrons. The minimum atomic E-state index is -0.253. The van der Waals surface area contributed by atoms with E-state index in [9.17, 15) is 9.50 Å². The average molecular weight is 282 g/mol. The summed E-state index contributed by atoms with van der Waals surface area (Å²) in [6, 6.07) is 6.96. The SMILES string of the molecule is CC(C)NC(C)(CO)CCCN(C)c1cccc(F)c1. The van der Waals surface area contributed by atoms with Crippen molar-refractivity contribution < 1.29 is 9.50 Å². The highest BCUT2D eigenvalue weighted by atomic mass is 19.1. The summed E-state index contributed by atoms with van der Waals surface area (Å²) in [6.07, 6.45) is 1.81. The van der Waals surface area contributed by atoms with Gasteiger partial charge in [0.05, 0.1) is 6.61 Å². The molecule has 0 aliphatic rings. The van der Waals surface area contributed by atoms with Crippen molar-refractivity contribution in [2.75, 3.05) is 25.1 Å². The smallest absolute Gasteiger partial charge is 0.125 e. The zero-order chi connectivity index (χ0) is 15.2.